The second kappa shape index (κ2) is 11.2. The number of nitrogens with zero attached hydrogens (tertiary/aromatic N) is 1. The van der Waals surface area contributed by atoms with Gasteiger partial charge in [0.25, 0.3) is 0 Å². The number of ether oxygens (including phenoxy) is 2. The van der Waals surface area contributed by atoms with Gasteiger partial charge in [0.1, 0.15) is 0 Å². The van der Waals surface area contributed by atoms with Crippen molar-refractivity contribution in [3.05, 3.63) is 89.0 Å². The summed E-state index contributed by atoms with van der Waals surface area (Å²) in [6, 6.07) is 18.5. The van der Waals surface area contributed by atoms with Crippen molar-refractivity contribution in [2.75, 3.05) is 39.5 Å². The van der Waals surface area contributed by atoms with Crippen molar-refractivity contribution in [2.24, 2.45) is 5.92 Å². The van der Waals surface area contributed by atoms with Gasteiger partial charge in [-0.05, 0) is 42.0 Å². The predicted octanol–water partition coefficient (Wildman–Crippen LogP) is 4.26. The molecule has 6 heteroatoms. The molecular formula is C30H34N2O4. The van der Waals surface area contributed by atoms with Crippen molar-refractivity contribution in [2.45, 2.75) is 31.7 Å². The Kier molecular flexibility index (Phi) is 7.63. The van der Waals surface area contributed by atoms with Crippen molar-refractivity contribution < 1.29 is 19.1 Å². The maximum Gasteiger partial charge on any atom is 0.333 e. The molecule has 188 valence electrons. The summed E-state index contributed by atoms with van der Waals surface area (Å²) in [5, 5.41) is 3.49. The molecule has 2 aromatic carbocycles. The minimum Gasteiger partial charge on any atom is -0.463 e. The van der Waals surface area contributed by atoms with Gasteiger partial charge in [-0.1, -0.05) is 66.7 Å². The molecule has 2 fully saturated rings. The van der Waals surface area contributed by atoms with Crippen molar-refractivity contribution in [1.29, 1.82) is 0 Å². The lowest BCUT2D eigenvalue weighted by molar-refractivity contribution is -0.144. The van der Waals surface area contributed by atoms with Gasteiger partial charge in [0.15, 0.2) is 0 Å². The summed E-state index contributed by atoms with van der Waals surface area (Å²) in [6.45, 7) is 5.35. The van der Waals surface area contributed by atoms with E-state index in [9.17, 15) is 9.59 Å². The van der Waals surface area contributed by atoms with Crippen LogP contribution in [0.3, 0.4) is 0 Å². The van der Waals surface area contributed by atoms with Gasteiger partial charge in [0, 0.05) is 31.1 Å². The Balaban J connectivity index is 1.40. The number of carbonyl (C=O) groups excluding carboxylic acids is 2. The Hall–Kier alpha value is -3.22. The summed E-state index contributed by atoms with van der Waals surface area (Å²) < 4.78 is 10.9. The molecule has 2 aliphatic heterocycles. The van der Waals surface area contributed by atoms with E-state index in [-0.39, 0.29) is 29.8 Å². The van der Waals surface area contributed by atoms with E-state index in [1.807, 2.05) is 42.2 Å². The highest BCUT2D eigenvalue weighted by Gasteiger charge is 2.40. The minimum atomic E-state index is -0.231. The van der Waals surface area contributed by atoms with E-state index in [0.717, 1.165) is 18.5 Å². The molecule has 0 aromatic heterocycles. The van der Waals surface area contributed by atoms with Crippen LogP contribution in [0.1, 0.15) is 48.4 Å². The number of allylic oxidation sites excluding steroid dienone is 3. The zero-order valence-corrected chi connectivity index (χ0v) is 20.8. The van der Waals surface area contributed by atoms with Crippen molar-refractivity contribution >= 4 is 17.4 Å². The normalized spacial score (nSPS) is 24.1. The van der Waals surface area contributed by atoms with Crippen LogP contribution in [0.15, 0.2) is 72.3 Å². The van der Waals surface area contributed by atoms with Crippen LogP contribution >= 0.6 is 0 Å². The Bertz CT molecular complexity index is 1160. The van der Waals surface area contributed by atoms with Crippen LogP contribution in [0.25, 0.3) is 5.57 Å². The summed E-state index contributed by atoms with van der Waals surface area (Å²) in [4.78, 5) is 28.2. The number of hydrogen-bond donors (Lipinski definition) is 1. The van der Waals surface area contributed by atoms with Gasteiger partial charge in [-0.15, -0.1) is 0 Å². The summed E-state index contributed by atoms with van der Waals surface area (Å²) in [7, 11) is 0. The maximum atomic E-state index is 14.0. The van der Waals surface area contributed by atoms with Gasteiger partial charge in [-0.2, -0.15) is 0 Å². The fourth-order valence-electron chi connectivity index (χ4n) is 5.67. The standard InChI is InChI=1S/C30H34N2O4/c1-2-36-30(34)23-14-12-21(13-15-23)24-10-6-7-11-25(24)26-18-31-19-27(26)29(33)32-16-17-35-20-28(32)22-8-4-3-5-9-22/h3-12,14,26-28,31H,2,13,15-20H2,1H3/t26-,27+,28+/m0/s1. The Morgan fingerprint density at radius 3 is 2.61 bits per heavy atom. The summed E-state index contributed by atoms with van der Waals surface area (Å²) in [6.07, 6.45) is 5.37. The molecule has 0 saturated carbocycles. The molecule has 5 rings (SSSR count). The van der Waals surface area contributed by atoms with Crippen LogP contribution < -0.4 is 5.32 Å². The number of esters is 1. The van der Waals surface area contributed by atoms with Crippen molar-refractivity contribution in [3.63, 3.8) is 0 Å². The highest BCUT2D eigenvalue weighted by Crippen LogP contribution is 2.38. The quantitative estimate of drug-likeness (QED) is 0.618. The highest BCUT2D eigenvalue weighted by molar-refractivity contribution is 5.91. The number of nitrogens with one attached hydrogen (secondary N) is 1. The first kappa shape index (κ1) is 24.5. The van der Waals surface area contributed by atoms with E-state index in [1.165, 1.54) is 16.7 Å². The average Bonchev–Trinajstić information content (AvgIpc) is 3.43. The smallest absolute Gasteiger partial charge is 0.333 e. The molecule has 1 amide bonds. The second-order valence-electron chi connectivity index (χ2n) is 9.60. The Morgan fingerprint density at radius 2 is 1.83 bits per heavy atom. The molecule has 6 nitrogen and oxygen atoms in total. The average molecular weight is 487 g/mol. The molecule has 1 N–H and O–H groups in total. The van der Waals surface area contributed by atoms with Crippen LogP contribution in [0.5, 0.6) is 0 Å². The first-order chi connectivity index (χ1) is 17.7. The SMILES string of the molecule is CCOC(=O)C1=CC=C(c2ccccc2[C@@H]2CNC[C@H]2C(=O)N2CCOC[C@@H]2c2ccccc2)CC1. The molecule has 0 bridgehead atoms. The molecule has 3 atom stereocenters. The van der Waals surface area contributed by atoms with Gasteiger partial charge in [0.2, 0.25) is 5.91 Å². The second-order valence-corrected chi connectivity index (χ2v) is 9.60. The van der Waals surface area contributed by atoms with Crippen molar-refractivity contribution in [3.8, 4) is 0 Å². The number of amides is 1. The van der Waals surface area contributed by atoms with Crippen LogP contribution in [0.4, 0.5) is 0 Å². The van der Waals surface area contributed by atoms with Crippen LogP contribution in [0.2, 0.25) is 0 Å². The van der Waals surface area contributed by atoms with E-state index in [2.05, 4.69) is 41.7 Å². The molecule has 3 aliphatic rings. The van der Waals surface area contributed by atoms with Gasteiger partial charge in [-0.25, -0.2) is 4.79 Å². The number of morpholine rings is 1. The third-order valence-electron chi connectivity index (χ3n) is 7.52. The van der Waals surface area contributed by atoms with Gasteiger partial charge < -0.3 is 19.7 Å². The molecule has 2 heterocycles. The topological polar surface area (TPSA) is 67.9 Å². The lowest BCUT2D eigenvalue weighted by atomic mass is 9.81. The summed E-state index contributed by atoms with van der Waals surface area (Å²) in [5.74, 6) is -0.0844. The van der Waals surface area contributed by atoms with Gasteiger partial charge >= 0.3 is 5.97 Å². The molecule has 36 heavy (non-hydrogen) atoms. The zero-order chi connectivity index (χ0) is 24.9. The van der Waals surface area contributed by atoms with E-state index < -0.39 is 0 Å². The predicted molar refractivity (Wildman–Crippen MR) is 139 cm³/mol. The molecule has 0 radical (unpaired) electrons. The first-order valence-corrected chi connectivity index (χ1v) is 13.0. The van der Waals surface area contributed by atoms with Crippen LogP contribution in [-0.4, -0.2) is 56.2 Å². The third kappa shape index (κ3) is 5.01. The largest absolute Gasteiger partial charge is 0.463 e. The number of hydrogen-bond acceptors (Lipinski definition) is 5. The third-order valence-corrected chi connectivity index (χ3v) is 7.52. The minimum absolute atomic E-state index is 0.0589. The Morgan fingerprint density at radius 1 is 1.03 bits per heavy atom. The molecule has 0 unspecified atom stereocenters. The summed E-state index contributed by atoms with van der Waals surface area (Å²) >= 11 is 0. The molecule has 0 spiro atoms. The molecule has 1 aliphatic carbocycles. The fourth-order valence-corrected chi connectivity index (χ4v) is 5.67. The van der Waals surface area contributed by atoms with E-state index in [4.69, 9.17) is 9.47 Å². The molecular weight excluding hydrogens is 452 g/mol. The van der Waals surface area contributed by atoms with Crippen LogP contribution in [0, 0.1) is 5.92 Å². The highest BCUT2D eigenvalue weighted by atomic mass is 16.5. The fraction of sp³-hybridized carbons (Fsp3) is 0.400. The Labute approximate surface area is 213 Å². The molecule has 2 aromatic rings. The maximum absolute atomic E-state index is 14.0. The lowest BCUT2D eigenvalue weighted by Crippen LogP contribution is -2.47. The lowest BCUT2D eigenvalue weighted by Gasteiger charge is -2.38. The summed E-state index contributed by atoms with van der Waals surface area (Å²) in [5.41, 5.74) is 5.40. The number of benzene rings is 2. The van der Waals surface area contributed by atoms with Gasteiger partial charge in [0.05, 0.1) is 31.8 Å². The van der Waals surface area contributed by atoms with Crippen LogP contribution in [-0.2, 0) is 19.1 Å². The first-order valence-electron chi connectivity index (χ1n) is 13.0. The van der Waals surface area contributed by atoms with E-state index in [0.29, 0.717) is 44.9 Å². The number of rotatable bonds is 6. The van der Waals surface area contributed by atoms with Gasteiger partial charge in [-0.3, -0.25) is 4.79 Å². The molecule has 2 saturated heterocycles. The number of carbonyl (C=O) groups is 2. The van der Waals surface area contributed by atoms with Crippen molar-refractivity contribution in [1.82, 2.24) is 10.2 Å². The van der Waals surface area contributed by atoms with E-state index >= 15 is 0 Å². The van der Waals surface area contributed by atoms with E-state index in [1.54, 1.807) is 0 Å². The monoisotopic (exact) mass is 486 g/mol. The zero-order valence-electron chi connectivity index (χ0n) is 20.8.